The van der Waals surface area contributed by atoms with Crippen LogP contribution < -0.4 is 10.6 Å². The average molecular weight is 494 g/mol. The van der Waals surface area contributed by atoms with Gasteiger partial charge in [-0.15, -0.1) is 12.4 Å². The fourth-order valence-corrected chi connectivity index (χ4v) is 4.20. The van der Waals surface area contributed by atoms with E-state index in [2.05, 4.69) is 62.0 Å². The molecule has 2 atom stereocenters. The van der Waals surface area contributed by atoms with E-state index in [0.29, 0.717) is 18.0 Å². The number of aromatic nitrogens is 3. The molecule has 0 aromatic carbocycles. The lowest BCUT2D eigenvalue weighted by Crippen LogP contribution is -2.26. The molecule has 2 N–H and O–H groups in total. The first-order valence-electron chi connectivity index (χ1n) is 13.0. The molecule has 2 aromatic rings. The zero-order chi connectivity index (χ0) is 24.2. The summed E-state index contributed by atoms with van der Waals surface area (Å²) in [7, 11) is 0. The molecule has 0 aliphatic heterocycles. The largest absolute Gasteiger partial charge is 0.366 e. The fraction of sp³-hybridized carbons (Fsp3) is 0.731. The van der Waals surface area contributed by atoms with Gasteiger partial charge in [-0.25, -0.2) is 9.97 Å². The van der Waals surface area contributed by atoms with E-state index in [1.165, 1.54) is 12.8 Å². The summed E-state index contributed by atoms with van der Waals surface area (Å²) < 4.78 is 0. The minimum atomic E-state index is 0. The minimum absolute atomic E-state index is 0. The molecule has 0 spiro atoms. The summed E-state index contributed by atoms with van der Waals surface area (Å²) in [6.07, 6.45) is 4.52. The van der Waals surface area contributed by atoms with Gasteiger partial charge < -0.3 is 20.4 Å². The molecule has 0 radical (unpaired) electrons. The van der Waals surface area contributed by atoms with Crippen LogP contribution in [0.5, 0.6) is 0 Å². The van der Waals surface area contributed by atoms with Crippen molar-refractivity contribution in [1.82, 2.24) is 24.8 Å². The number of nitrogens with one attached hydrogen (secondary N) is 2. The Morgan fingerprint density at radius 3 is 1.82 bits per heavy atom. The monoisotopic (exact) mass is 493 g/mol. The van der Waals surface area contributed by atoms with Crippen LogP contribution in [0.15, 0.2) is 12.1 Å². The number of hydrogen-bond acceptors (Lipinski definition) is 7. The smallest absolute Gasteiger partial charge is 0.225 e. The van der Waals surface area contributed by atoms with Crippen LogP contribution >= 0.6 is 12.4 Å². The van der Waals surface area contributed by atoms with Crippen LogP contribution in [0.2, 0.25) is 0 Å². The first-order chi connectivity index (χ1) is 15.9. The van der Waals surface area contributed by atoms with E-state index in [9.17, 15) is 0 Å². The van der Waals surface area contributed by atoms with Crippen molar-refractivity contribution >= 4 is 35.2 Å². The maximum absolute atomic E-state index is 4.86. The second-order valence-electron chi connectivity index (χ2n) is 9.15. The Balaban J connectivity index is 0.00000578. The summed E-state index contributed by atoms with van der Waals surface area (Å²) in [5.74, 6) is 1.51. The number of halogens is 1. The zero-order valence-electron chi connectivity index (χ0n) is 22.5. The van der Waals surface area contributed by atoms with Gasteiger partial charge in [-0.3, -0.25) is 0 Å². The van der Waals surface area contributed by atoms with Crippen molar-refractivity contribution in [2.45, 2.75) is 86.2 Å². The molecule has 2 rings (SSSR count). The van der Waals surface area contributed by atoms with Crippen molar-refractivity contribution < 1.29 is 0 Å². The topological polar surface area (TPSA) is 69.2 Å². The van der Waals surface area contributed by atoms with Crippen LogP contribution in [0.3, 0.4) is 0 Å². The molecule has 0 fully saturated rings. The van der Waals surface area contributed by atoms with Gasteiger partial charge in [0.05, 0.1) is 5.52 Å². The summed E-state index contributed by atoms with van der Waals surface area (Å²) in [6.45, 7) is 22.1. The van der Waals surface area contributed by atoms with Crippen molar-refractivity contribution in [3.63, 3.8) is 0 Å². The molecule has 2 heterocycles. The lowest BCUT2D eigenvalue weighted by molar-refractivity contribution is 0.295. The molecule has 34 heavy (non-hydrogen) atoms. The van der Waals surface area contributed by atoms with E-state index in [1.807, 2.05) is 19.1 Å². The summed E-state index contributed by atoms with van der Waals surface area (Å²) in [5, 5.41) is 7.16. The van der Waals surface area contributed by atoms with Gasteiger partial charge in [-0.05, 0) is 97.9 Å². The highest BCUT2D eigenvalue weighted by molar-refractivity contribution is 5.86. The third kappa shape index (κ3) is 9.88. The van der Waals surface area contributed by atoms with Gasteiger partial charge in [0, 0.05) is 17.8 Å². The number of anilines is 2. The third-order valence-electron chi connectivity index (χ3n) is 6.45. The predicted octanol–water partition coefficient (Wildman–Crippen LogP) is 5.60. The van der Waals surface area contributed by atoms with E-state index in [0.717, 1.165) is 74.7 Å². The highest BCUT2D eigenvalue weighted by Crippen LogP contribution is 2.23. The fourth-order valence-electron chi connectivity index (χ4n) is 4.20. The van der Waals surface area contributed by atoms with E-state index >= 15 is 0 Å². The van der Waals surface area contributed by atoms with Crippen molar-refractivity contribution in [3.05, 3.63) is 17.8 Å². The highest BCUT2D eigenvalue weighted by atomic mass is 35.5. The third-order valence-corrected chi connectivity index (χ3v) is 6.45. The first kappa shape index (κ1) is 30.3. The Labute approximate surface area is 213 Å². The summed E-state index contributed by atoms with van der Waals surface area (Å²) in [4.78, 5) is 19.3. The van der Waals surface area contributed by atoms with Gasteiger partial charge in [-0.2, -0.15) is 4.98 Å². The normalized spacial score (nSPS) is 13.2. The molecule has 2 aromatic heterocycles. The SMILES string of the molecule is CCN(CC)CCCC(C)Nc1nc(NC(C)CCCN(CC)CC)c2nc(C)ccc2n1.Cl. The second kappa shape index (κ2) is 16.1. The Kier molecular flexibility index (Phi) is 14.3. The molecular weight excluding hydrogens is 446 g/mol. The highest BCUT2D eigenvalue weighted by Gasteiger charge is 2.14. The van der Waals surface area contributed by atoms with Crippen molar-refractivity contribution in [3.8, 4) is 0 Å². The molecule has 194 valence electrons. The molecule has 0 aliphatic rings. The van der Waals surface area contributed by atoms with Crippen LogP contribution in [0.25, 0.3) is 11.0 Å². The van der Waals surface area contributed by atoms with E-state index in [1.54, 1.807) is 0 Å². The lowest BCUT2D eigenvalue weighted by Gasteiger charge is -2.21. The molecule has 2 unspecified atom stereocenters. The number of nitrogens with zero attached hydrogens (tertiary/aromatic N) is 5. The number of hydrogen-bond donors (Lipinski definition) is 2. The summed E-state index contributed by atoms with van der Waals surface area (Å²) in [6, 6.07) is 4.70. The molecule has 0 saturated carbocycles. The summed E-state index contributed by atoms with van der Waals surface area (Å²) >= 11 is 0. The van der Waals surface area contributed by atoms with Gasteiger partial charge in [0.2, 0.25) is 5.95 Å². The molecule has 0 saturated heterocycles. The summed E-state index contributed by atoms with van der Waals surface area (Å²) in [5.41, 5.74) is 2.71. The first-order valence-corrected chi connectivity index (χ1v) is 13.0. The average Bonchev–Trinajstić information content (AvgIpc) is 2.80. The predicted molar refractivity (Wildman–Crippen MR) is 150 cm³/mol. The standard InChI is InChI=1S/C26H47N7.ClH/c1-8-32(9-2)18-12-14-20(5)28-25-24-23(17-16-22(7)27-24)30-26(31-25)29-21(6)15-13-19-33(10-3)11-4;/h16-17,20-21H,8-15,18-19H2,1-7H3,(H2,28,29,30,31);1H. The quantitative estimate of drug-likeness (QED) is 0.315. The molecule has 0 amide bonds. The Morgan fingerprint density at radius 2 is 1.29 bits per heavy atom. The van der Waals surface area contributed by atoms with E-state index < -0.39 is 0 Å². The second-order valence-corrected chi connectivity index (χ2v) is 9.15. The number of rotatable bonds is 16. The van der Waals surface area contributed by atoms with Crippen LogP contribution in [0, 0.1) is 6.92 Å². The van der Waals surface area contributed by atoms with Crippen LogP contribution in [-0.2, 0) is 0 Å². The lowest BCUT2D eigenvalue weighted by atomic mass is 10.1. The molecule has 0 aliphatic carbocycles. The number of fused-ring (bicyclic) bond motifs is 1. The van der Waals surface area contributed by atoms with Gasteiger partial charge in [0.1, 0.15) is 5.52 Å². The number of aryl methyl sites for hydroxylation is 1. The van der Waals surface area contributed by atoms with E-state index in [-0.39, 0.29) is 12.4 Å². The van der Waals surface area contributed by atoms with Crippen molar-refractivity contribution in [1.29, 1.82) is 0 Å². The van der Waals surface area contributed by atoms with Gasteiger partial charge in [0.15, 0.2) is 5.82 Å². The molecular formula is C26H48ClN7. The Hall–Kier alpha value is -1.70. The zero-order valence-corrected chi connectivity index (χ0v) is 23.3. The van der Waals surface area contributed by atoms with Crippen molar-refractivity contribution in [2.24, 2.45) is 0 Å². The molecule has 0 bridgehead atoms. The Bertz CT molecular complexity index is 824. The van der Waals surface area contributed by atoms with Crippen LogP contribution in [-0.4, -0.2) is 76.1 Å². The maximum Gasteiger partial charge on any atom is 0.225 e. The van der Waals surface area contributed by atoms with Crippen LogP contribution in [0.1, 0.15) is 72.9 Å². The van der Waals surface area contributed by atoms with Gasteiger partial charge in [-0.1, -0.05) is 27.7 Å². The minimum Gasteiger partial charge on any atom is -0.366 e. The Morgan fingerprint density at radius 1 is 0.765 bits per heavy atom. The van der Waals surface area contributed by atoms with Crippen LogP contribution in [0.4, 0.5) is 11.8 Å². The van der Waals surface area contributed by atoms with Gasteiger partial charge >= 0.3 is 0 Å². The molecule has 7 nitrogen and oxygen atoms in total. The van der Waals surface area contributed by atoms with E-state index in [4.69, 9.17) is 15.0 Å². The molecule has 8 heteroatoms. The van der Waals surface area contributed by atoms with Crippen molar-refractivity contribution in [2.75, 3.05) is 49.9 Å². The van der Waals surface area contributed by atoms with Gasteiger partial charge in [0.25, 0.3) is 0 Å². The number of pyridine rings is 1. The maximum atomic E-state index is 4.86.